The Labute approximate surface area is 385 Å². The summed E-state index contributed by atoms with van der Waals surface area (Å²) < 4.78 is 9.97. The van der Waals surface area contributed by atoms with E-state index in [0.717, 1.165) is 0 Å². The van der Waals surface area contributed by atoms with E-state index in [1.165, 1.54) is 138 Å². The van der Waals surface area contributed by atoms with E-state index in [0.29, 0.717) is 0 Å². The summed E-state index contributed by atoms with van der Waals surface area (Å²) in [7, 11) is 0. The fraction of sp³-hybridized carbons (Fsp3) is 0.0476. The highest BCUT2D eigenvalue weighted by molar-refractivity contribution is 6.17. The number of nitrogens with zero attached hydrogens (tertiary/aromatic N) is 4. The fourth-order valence-electron chi connectivity index (χ4n) is 12.9. The van der Waals surface area contributed by atoms with Gasteiger partial charge in [-0.1, -0.05) is 128 Å². The standard InChI is InChI=1S/C63H40N4/c1-37-48-35-52-51-34-40(66-55-24-12-7-19-43(55)44-20-8-13-25-56(44)66)27-31-58(51)64(38-15-3-2-4-16-38)60(52)36-49(48)45-29-30-46-50-33-39(65-53-22-10-5-17-41(53)42-18-6-11-23-54(42)65)28-32-59(50)67-57-26-14-9-21-47(57)61(37)62(45)63(46)67/h2-37,61H,1H3. The minimum Gasteiger partial charge on any atom is -0.309 e. The van der Waals surface area contributed by atoms with Crippen molar-refractivity contribution in [2.45, 2.75) is 18.8 Å². The van der Waals surface area contributed by atoms with Crippen LogP contribution >= 0.6 is 0 Å². The van der Waals surface area contributed by atoms with E-state index in [1.807, 2.05) is 0 Å². The summed E-state index contributed by atoms with van der Waals surface area (Å²) in [6.45, 7) is 2.48. The first kappa shape index (κ1) is 35.7. The van der Waals surface area contributed by atoms with Crippen LogP contribution in [-0.4, -0.2) is 18.3 Å². The first-order chi connectivity index (χ1) is 33.2. The molecule has 0 radical (unpaired) electrons. The largest absolute Gasteiger partial charge is 0.309 e. The minimum atomic E-state index is 0.198. The number of rotatable bonds is 3. The van der Waals surface area contributed by atoms with Crippen LogP contribution in [0, 0.1) is 0 Å². The first-order valence-corrected chi connectivity index (χ1v) is 23.5. The average molecular weight is 853 g/mol. The quantitative estimate of drug-likeness (QED) is 0.169. The molecule has 2 atom stereocenters. The van der Waals surface area contributed by atoms with Crippen molar-refractivity contribution in [2.24, 2.45) is 0 Å². The Hall–Kier alpha value is -8.60. The maximum atomic E-state index is 2.58. The summed E-state index contributed by atoms with van der Waals surface area (Å²) in [6.07, 6.45) is 0. The Bertz CT molecular complexity index is 4370. The third-order valence-corrected chi connectivity index (χ3v) is 15.7. The number of aromatic nitrogens is 4. The van der Waals surface area contributed by atoms with Crippen LogP contribution in [0.25, 0.3) is 121 Å². The molecule has 312 valence electrons. The summed E-state index contributed by atoms with van der Waals surface area (Å²) in [5.74, 6) is 0.429. The highest BCUT2D eigenvalue weighted by atomic mass is 15.0. The number of para-hydroxylation sites is 6. The van der Waals surface area contributed by atoms with Crippen LogP contribution in [0.3, 0.4) is 0 Å². The number of benzene rings is 10. The van der Waals surface area contributed by atoms with Gasteiger partial charge < -0.3 is 18.3 Å². The molecule has 4 heteroatoms. The second-order valence-corrected chi connectivity index (χ2v) is 18.9. The molecule has 0 saturated carbocycles. The molecule has 0 spiro atoms. The van der Waals surface area contributed by atoms with Gasteiger partial charge >= 0.3 is 0 Å². The molecule has 0 bridgehead atoms. The van der Waals surface area contributed by atoms with Crippen LogP contribution in [0.4, 0.5) is 0 Å². The van der Waals surface area contributed by atoms with Crippen LogP contribution in [0.5, 0.6) is 0 Å². The van der Waals surface area contributed by atoms with Gasteiger partial charge in [-0.25, -0.2) is 0 Å². The molecule has 16 rings (SSSR count). The van der Waals surface area contributed by atoms with Gasteiger partial charge in [0.05, 0.1) is 49.8 Å². The molecule has 0 fully saturated rings. The lowest BCUT2D eigenvalue weighted by atomic mass is 9.67. The third kappa shape index (κ3) is 4.52. The van der Waals surface area contributed by atoms with Gasteiger partial charge in [-0.2, -0.15) is 0 Å². The van der Waals surface area contributed by atoms with E-state index in [2.05, 4.69) is 238 Å². The molecule has 10 aromatic carbocycles. The van der Waals surface area contributed by atoms with Crippen LogP contribution in [-0.2, 0) is 0 Å². The maximum absolute atomic E-state index is 2.58. The lowest BCUT2D eigenvalue weighted by Crippen LogP contribution is -2.22. The maximum Gasteiger partial charge on any atom is 0.0585 e. The highest BCUT2D eigenvalue weighted by Gasteiger charge is 2.40. The monoisotopic (exact) mass is 852 g/mol. The zero-order valence-electron chi connectivity index (χ0n) is 36.7. The van der Waals surface area contributed by atoms with Crippen LogP contribution in [0.15, 0.2) is 212 Å². The van der Waals surface area contributed by atoms with E-state index < -0.39 is 0 Å². The van der Waals surface area contributed by atoms with Crippen molar-refractivity contribution in [3.63, 3.8) is 0 Å². The molecule has 1 aliphatic carbocycles. The second kappa shape index (κ2) is 12.8. The van der Waals surface area contributed by atoms with Crippen molar-refractivity contribution >= 4 is 87.2 Å². The molecular formula is C63H40N4. The predicted molar refractivity (Wildman–Crippen MR) is 279 cm³/mol. The Morgan fingerprint density at radius 1 is 0.299 bits per heavy atom. The van der Waals surface area contributed by atoms with Gasteiger partial charge in [0.1, 0.15) is 0 Å². The molecule has 0 N–H and O–H groups in total. The molecule has 2 aliphatic rings. The third-order valence-electron chi connectivity index (χ3n) is 15.7. The topological polar surface area (TPSA) is 19.7 Å². The van der Waals surface area contributed by atoms with E-state index in [-0.39, 0.29) is 11.8 Å². The van der Waals surface area contributed by atoms with Crippen molar-refractivity contribution in [1.82, 2.24) is 18.3 Å². The lowest BCUT2D eigenvalue weighted by molar-refractivity contribution is 0.643. The molecule has 2 unspecified atom stereocenters. The molecule has 4 nitrogen and oxygen atoms in total. The molecule has 0 saturated heterocycles. The van der Waals surface area contributed by atoms with Gasteiger partial charge in [-0.05, 0) is 125 Å². The minimum absolute atomic E-state index is 0.198. The average Bonchev–Trinajstić information content (AvgIpc) is 4.11. The van der Waals surface area contributed by atoms with Crippen molar-refractivity contribution in [1.29, 1.82) is 0 Å². The Kier molecular flexibility index (Phi) is 6.83. The zero-order chi connectivity index (χ0) is 43.6. The summed E-state index contributed by atoms with van der Waals surface area (Å²) in [6, 6.07) is 79.6. The van der Waals surface area contributed by atoms with Crippen LogP contribution < -0.4 is 0 Å². The van der Waals surface area contributed by atoms with Gasteiger partial charge in [0, 0.05) is 66.1 Å². The highest BCUT2D eigenvalue weighted by Crippen LogP contribution is 2.58. The Morgan fingerprint density at radius 3 is 1.39 bits per heavy atom. The molecule has 1 aliphatic heterocycles. The van der Waals surface area contributed by atoms with Crippen LogP contribution in [0.1, 0.15) is 35.4 Å². The van der Waals surface area contributed by atoms with E-state index in [1.54, 1.807) is 0 Å². The van der Waals surface area contributed by atoms with E-state index >= 15 is 0 Å². The molecular weight excluding hydrogens is 813 g/mol. The molecule has 4 aromatic heterocycles. The van der Waals surface area contributed by atoms with E-state index in [9.17, 15) is 0 Å². The van der Waals surface area contributed by atoms with Gasteiger partial charge in [0.25, 0.3) is 0 Å². The predicted octanol–water partition coefficient (Wildman–Crippen LogP) is 16.3. The number of hydrogen-bond donors (Lipinski definition) is 0. The molecule has 67 heavy (non-hydrogen) atoms. The summed E-state index contributed by atoms with van der Waals surface area (Å²) in [4.78, 5) is 0. The smallest absolute Gasteiger partial charge is 0.0585 e. The Balaban J connectivity index is 0.971. The molecule has 0 amide bonds. The number of fused-ring (bicyclic) bond motifs is 17. The zero-order valence-corrected chi connectivity index (χ0v) is 36.7. The van der Waals surface area contributed by atoms with Gasteiger partial charge in [-0.15, -0.1) is 0 Å². The van der Waals surface area contributed by atoms with Gasteiger partial charge in [0.15, 0.2) is 0 Å². The van der Waals surface area contributed by atoms with Crippen molar-refractivity contribution in [3.05, 3.63) is 229 Å². The second-order valence-electron chi connectivity index (χ2n) is 18.9. The van der Waals surface area contributed by atoms with E-state index in [4.69, 9.17) is 0 Å². The van der Waals surface area contributed by atoms with Crippen molar-refractivity contribution in [2.75, 3.05) is 0 Å². The molecule has 14 aromatic rings. The summed E-state index contributed by atoms with van der Waals surface area (Å²) in [5, 5.41) is 10.2. The summed E-state index contributed by atoms with van der Waals surface area (Å²) in [5.41, 5.74) is 21.6. The van der Waals surface area contributed by atoms with Crippen molar-refractivity contribution in [3.8, 4) is 33.9 Å². The Morgan fingerprint density at radius 2 is 0.776 bits per heavy atom. The lowest BCUT2D eigenvalue weighted by Gasteiger charge is -2.38. The van der Waals surface area contributed by atoms with Crippen molar-refractivity contribution < 1.29 is 0 Å². The SMILES string of the molecule is CC1c2cc3c4cc(-n5c6ccccc6c6ccccc65)ccc4n(-c4ccccc4)c3cc2-c2ccc3c4cc(-n5c6ccccc6c6ccccc65)ccc4n4c3c2C1c1ccccc1-4. The van der Waals surface area contributed by atoms with Gasteiger partial charge in [0.2, 0.25) is 0 Å². The summed E-state index contributed by atoms with van der Waals surface area (Å²) >= 11 is 0. The fourth-order valence-corrected chi connectivity index (χ4v) is 12.9. The number of hydrogen-bond acceptors (Lipinski definition) is 0. The first-order valence-electron chi connectivity index (χ1n) is 23.5. The van der Waals surface area contributed by atoms with Crippen LogP contribution in [0.2, 0.25) is 0 Å². The molecule has 5 heterocycles. The normalized spacial score (nSPS) is 15.2. The van der Waals surface area contributed by atoms with Gasteiger partial charge in [-0.3, -0.25) is 0 Å².